The zero-order chi connectivity index (χ0) is 9.47. The first-order valence-electron chi connectivity index (χ1n) is 4.86. The van der Waals surface area contributed by atoms with Gasteiger partial charge in [-0.3, -0.25) is 9.59 Å². The molecule has 1 atom stereocenters. The Morgan fingerprint density at radius 3 is 2.62 bits per heavy atom. The molecule has 0 bridgehead atoms. The van der Waals surface area contributed by atoms with Gasteiger partial charge in [0.2, 0.25) is 0 Å². The molecule has 2 rings (SSSR count). The summed E-state index contributed by atoms with van der Waals surface area (Å²) in [5, 5.41) is 0. The minimum absolute atomic E-state index is 0.130. The predicted octanol–water partition coefficient (Wildman–Crippen LogP) is 0.630. The predicted molar refractivity (Wildman–Crippen MR) is 48.4 cm³/mol. The molecular weight excluding hydrogens is 166 g/mol. The fraction of sp³-hybridized carbons (Fsp3) is 0.800. The van der Waals surface area contributed by atoms with Crippen molar-refractivity contribution in [2.45, 2.75) is 25.7 Å². The smallest absolute Gasteiger partial charge is 0.147 e. The molecule has 0 aromatic rings. The molecule has 1 saturated carbocycles. The Kier molecular flexibility index (Phi) is 1.99. The van der Waals surface area contributed by atoms with Crippen molar-refractivity contribution in [1.82, 2.24) is 4.90 Å². The second-order valence-corrected chi connectivity index (χ2v) is 4.41. The summed E-state index contributed by atoms with van der Waals surface area (Å²) in [6, 6.07) is 0. The van der Waals surface area contributed by atoms with Crippen molar-refractivity contribution in [2.24, 2.45) is 5.41 Å². The van der Waals surface area contributed by atoms with Crippen LogP contribution >= 0.6 is 0 Å². The van der Waals surface area contributed by atoms with Crippen LogP contribution in [0.25, 0.3) is 0 Å². The number of ketones is 2. The molecule has 0 amide bonds. The number of Topliss-reactive ketones (excluding diaryl/α,β-unsaturated/α-hetero) is 2. The molecule has 1 aliphatic heterocycles. The lowest BCUT2D eigenvalue weighted by Crippen LogP contribution is -2.39. The largest absolute Gasteiger partial charge is 0.305 e. The second-order valence-electron chi connectivity index (χ2n) is 4.41. The van der Waals surface area contributed by atoms with Crippen LogP contribution in [-0.4, -0.2) is 36.6 Å². The van der Waals surface area contributed by atoms with Crippen LogP contribution in [0.4, 0.5) is 0 Å². The Morgan fingerprint density at radius 2 is 2.08 bits per heavy atom. The van der Waals surface area contributed by atoms with Crippen molar-refractivity contribution < 1.29 is 9.59 Å². The van der Waals surface area contributed by atoms with Gasteiger partial charge in [-0.1, -0.05) is 0 Å². The van der Waals surface area contributed by atoms with Gasteiger partial charge >= 0.3 is 0 Å². The number of carbonyl (C=O) groups is 2. The average molecular weight is 181 g/mol. The summed E-state index contributed by atoms with van der Waals surface area (Å²) in [4.78, 5) is 25.0. The van der Waals surface area contributed by atoms with E-state index in [1.165, 1.54) is 0 Å². The van der Waals surface area contributed by atoms with E-state index < -0.39 is 0 Å². The lowest BCUT2D eigenvalue weighted by Gasteiger charge is -2.30. The van der Waals surface area contributed by atoms with E-state index in [1.54, 1.807) is 0 Å². The molecule has 0 aromatic heterocycles. The van der Waals surface area contributed by atoms with E-state index in [9.17, 15) is 9.59 Å². The summed E-state index contributed by atoms with van der Waals surface area (Å²) in [6.07, 6.45) is 2.54. The molecule has 1 spiro atoms. The van der Waals surface area contributed by atoms with Gasteiger partial charge in [-0.05, 0) is 26.4 Å². The maximum absolute atomic E-state index is 11.7. The molecule has 1 saturated heterocycles. The molecular formula is C10H15NO2. The van der Waals surface area contributed by atoms with Crippen LogP contribution in [0.2, 0.25) is 0 Å². The monoisotopic (exact) mass is 181 g/mol. The number of nitrogens with zero attached hydrogens (tertiary/aromatic N) is 1. The van der Waals surface area contributed by atoms with Crippen molar-refractivity contribution in [3.05, 3.63) is 0 Å². The van der Waals surface area contributed by atoms with Crippen LogP contribution in [-0.2, 0) is 9.59 Å². The number of rotatable bonds is 0. The summed E-state index contributed by atoms with van der Waals surface area (Å²) in [6.45, 7) is 1.86. The highest BCUT2D eigenvalue weighted by molar-refractivity contribution is 6.04. The van der Waals surface area contributed by atoms with Gasteiger partial charge in [-0.15, -0.1) is 0 Å². The van der Waals surface area contributed by atoms with Crippen LogP contribution in [0.1, 0.15) is 25.7 Å². The average Bonchev–Trinajstić information content (AvgIpc) is 2.43. The number of hydrogen-bond donors (Lipinski definition) is 0. The van der Waals surface area contributed by atoms with Crippen molar-refractivity contribution in [2.75, 3.05) is 20.1 Å². The summed E-state index contributed by atoms with van der Waals surface area (Å²) in [7, 11) is 2.04. The standard InChI is InChI=1S/C10H15NO2/c1-11-5-4-10(7-11)3-2-8(12)6-9(10)13/h2-7H2,1H3. The maximum Gasteiger partial charge on any atom is 0.147 e. The second kappa shape index (κ2) is 2.91. The highest BCUT2D eigenvalue weighted by Crippen LogP contribution is 2.39. The fourth-order valence-corrected chi connectivity index (χ4v) is 2.48. The minimum atomic E-state index is -0.150. The van der Waals surface area contributed by atoms with Crippen LogP contribution < -0.4 is 0 Å². The zero-order valence-corrected chi connectivity index (χ0v) is 8.01. The molecule has 1 unspecified atom stereocenters. The van der Waals surface area contributed by atoms with E-state index in [2.05, 4.69) is 4.90 Å². The first-order valence-corrected chi connectivity index (χ1v) is 4.86. The molecule has 0 N–H and O–H groups in total. The summed E-state index contributed by atoms with van der Waals surface area (Å²) in [5.41, 5.74) is -0.150. The van der Waals surface area contributed by atoms with Crippen molar-refractivity contribution >= 4 is 11.6 Å². The van der Waals surface area contributed by atoms with Gasteiger partial charge in [0.25, 0.3) is 0 Å². The first kappa shape index (κ1) is 8.88. The van der Waals surface area contributed by atoms with Gasteiger partial charge in [-0.2, -0.15) is 0 Å². The van der Waals surface area contributed by atoms with E-state index in [0.717, 1.165) is 25.9 Å². The molecule has 1 aliphatic carbocycles. The Balaban J connectivity index is 2.15. The molecule has 2 fully saturated rings. The van der Waals surface area contributed by atoms with Crippen LogP contribution in [0.3, 0.4) is 0 Å². The number of likely N-dealkylation sites (tertiary alicyclic amines) is 1. The van der Waals surface area contributed by atoms with Gasteiger partial charge in [0.05, 0.1) is 6.42 Å². The third-order valence-corrected chi connectivity index (χ3v) is 3.38. The third kappa shape index (κ3) is 1.41. The van der Waals surface area contributed by atoms with E-state index >= 15 is 0 Å². The molecule has 2 aliphatic rings. The first-order chi connectivity index (χ1) is 6.12. The Bertz CT molecular complexity index is 262. The number of carbonyl (C=O) groups excluding carboxylic acids is 2. The summed E-state index contributed by atoms with van der Waals surface area (Å²) in [5.74, 6) is 0.318. The molecule has 1 heterocycles. The molecule has 3 nitrogen and oxygen atoms in total. The van der Waals surface area contributed by atoms with E-state index in [4.69, 9.17) is 0 Å². The van der Waals surface area contributed by atoms with Gasteiger partial charge < -0.3 is 4.90 Å². The molecule has 0 radical (unpaired) electrons. The van der Waals surface area contributed by atoms with E-state index in [0.29, 0.717) is 6.42 Å². The molecule has 0 aromatic carbocycles. The summed E-state index contributed by atoms with van der Waals surface area (Å²) >= 11 is 0. The quantitative estimate of drug-likeness (QED) is 0.514. The fourth-order valence-electron chi connectivity index (χ4n) is 2.48. The highest BCUT2D eigenvalue weighted by atomic mass is 16.2. The lowest BCUT2D eigenvalue weighted by molar-refractivity contribution is -0.137. The van der Waals surface area contributed by atoms with Crippen molar-refractivity contribution in [3.63, 3.8) is 0 Å². The van der Waals surface area contributed by atoms with Crippen molar-refractivity contribution in [1.29, 1.82) is 0 Å². The zero-order valence-electron chi connectivity index (χ0n) is 8.01. The summed E-state index contributed by atoms with van der Waals surface area (Å²) < 4.78 is 0. The third-order valence-electron chi connectivity index (χ3n) is 3.38. The van der Waals surface area contributed by atoms with Gasteiger partial charge in [0.1, 0.15) is 11.6 Å². The lowest BCUT2D eigenvalue weighted by atomic mass is 9.72. The Morgan fingerprint density at radius 1 is 1.31 bits per heavy atom. The van der Waals surface area contributed by atoms with E-state index in [-0.39, 0.29) is 23.4 Å². The normalized spacial score (nSPS) is 36.1. The van der Waals surface area contributed by atoms with Crippen LogP contribution in [0.5, 0.6) is 0 Å². The highest BCUT2D eigenvalue weighted by Gasteiger charge is 2.45. The molecule has 72 valence electrons. The SMILES string of the molecule is CN1CCC2(CCC(=O)CC2=O)C1. The van der Waals surface area contributed by atoms with Crippen LogP contribution in [0, 0.1) is 5.41 Å². The topological polar surface area (TPSA) is 37.4 Å². The Hall–Kier alpha value is -0.700. The van der Waals surface area contributed by atoms with Crippen molar-refractivity contribution in [3.8, 4) is 0 Å². The van der Waals surface area contributed by atoms with Gasteiger partial charge in [0.15, 0.2) is 0 Å². The minimum Gasteiger partial charge on any atom is -0.305 e. The molecule has 13 heavy (non-hydrogen) atoms. The maximum atomic E-state index is 11.7. The molecule has 3 heteroatoms. The Labute approximate surface area is 78.1 Å². The number of hydrogen-bond acceptors (Lipinski definition) is 3. The van der Waals surface area contributed by atoms with Gasteiger partial charge in [-0.25, -0.2) is 0 Å². The van der Waals surface area contributed by atoms with E-state index in [1.807, 2.05) is 7.05 Å². The van der Waals surface area contributed by atoms with Gasteiger partial charge in [0, 0.05) is 18.4 Å². The van der Waals surface area contributed by atoms with Crippen LogP contribution in [0.15, 0.2) is 0 Å².